The number of carbonyl (C=O) groups excluding carboxylic acids is 2. The van der Waals surface area contributed by atoms with Crippen LogP contribution in [0.2, 0.25) is 0 Å². The Hall–Kier alpha value is -4.31. The molecule has 0 unspecified atom stereocenters. The van der Waals surface area contributed by atoms with Crippen LogP contribution in [0.4, 0.5) is 14.5 Å². The number of allylic oxidation sites excluding steroid dienone is 2. The Balaban J connectivity index is 0.00000170. The van der Waals surface area contributed by atoms with Crippen LogP contribution in [0.3, 0.4) is 0 Å². The molecule has 1 aliphatic carbocycles. The summed E-state index contributed by atoms with van der Waals surface area (Å²) in [5.41, 5.74) is 5.95. The van der Waals surface area contributed by atoms with Gasteiger partial charge in [-0.2, -0.15) is 5.10 Å². The quantitative estimate of drug-likeness (QED) is 0.206. The first kappa shape index (κ1) is 34.0. The van der Waals surface area contributed by atoms with Gasteiger partial charge in [0.05, 0.1) is 34.2 Å². The Morgan fingerprint density at radius 3 is 2.60 bits per heavy atom. The van der Waals surface area contributed by atoms with E-state index in [0.29, 0.717) is 36.2 Å². The Bertz CT molecular complexity index is 1810. The highest BCUT2D eigenvalue weighted by Crippen LogP contribution is 2.43. The molecule has 248 valence electrons. The predicted octanol–water partition coefficient (Wildman–Crippen LogP) is 8.40. The van der Waals surface area contributed by atoms with Crippen molar-refractivity contribution in [2.75, 3.05) is 17.7 Å². The van der Waals surface area contributed by atoms with Crippen LogP contribution in [0.1, 0.15) is 68.3 Å². The lowest BCUT2D eigenvalue weighted by Gasteiger charge is -2.37. The van der Waals surface area contributed by atoms with Gasteiger partial charge in [-0.05, 0) is 79.8 Å². The number of hydrogen-bond acceptors (Lipinski definition) is 5. The summed E-state index contributed by atoms with van der Waals surface area (Å²) in [5, 5.41) is 10.1. The van der Waals surface area contributed by atoms with Crippen molar-refractivity contribution in [2.45, 2.75) is 64.8 Å². The van der Waals surface area contributed by atoms with Crippen LogP contribution in [-0.2, 0) is 11.2 Å². The molecule has 2 aliphatic rings. The largest absolute Gasteiger partial charge is 0.348 e. The smallest absolute Gasteiger partial charge is 0.251 e. The number of alkyl halides is 2. The Morgan fingerprint density at radius 2 is 1.89 bits per heavy atom. The van der Waals surface area contributed by atoms with E-state index in [1.54, 1.807) is 45.6 Å². The zero-order chi connectivity index (χ0) is 33.7. The maximum atomic E-state index is 14.9. The second-order valence-electron chi connectivity index (χ2n) is 11.7. The number of thioether (sulfide) groups is 1. The molecule has 3 heterocycles. The Labute approximate surface area is 280 Å². The molecule has 1 saturated carbocycles. The lowest BCUT2D eigenvalue weighted by Crippen LogP contribution is -2.52. The van der Waals surface area contributed by atoms with E-state index in [1.165, 1.54) is 0 Å². The van der Waals surface area contributed by atoms with Crippen molar-refractivity contribution < 1.29 is 19.8 Å². The molecule has 1 aliphatic heterocycles. The molecule has 0 radical (unpaired) electrons. The molecule has 2 amide bonds. The van der Waals surface area contributed by atoms with E-state index in [4.69, 9.17) is 4.98 Å². The maximum Gasteiger partial charge on any atom is 0.251 e. The lowest BCUT2D eigenvalue weighted by molar-refractivity contribution is -0.131. The number of fused-ring (bicyclic) bond motifs is 3. The van der Waals surface area contributed by atoms with E-state index in [-0.39, 0.29) is 7.85 Å². The molecule has 0 bridgehead atoms. The van der Waals surface area contributed by atoms with Gasteiger partial charge in [0.1, 0.15) is 0 Å². The molecule has 47 heavy (non-hydrogen) atoms. The van der Waals surface area contributed by atoms with Crippen molar-refractivity contribution in [3.8, 4) is 5.69 Å². The van der Waals surface area contributed by atoms with Crippen LogP contribution in [0.15, 0.2) is 78.9 Å². The van der Waals surface area contributed by atoms with Crippen LogP contribution in [0.5, 0.6) is 0 Å². The van der Waals surface area contributed by atoms with Gasteiger partial charge in [0, 0.05) is 49.6 Å². The third-order valence-electron chi connectivity index (χ3n) is 8.59. The van der Waals surface area contributed by atoms with Crippen LogP contribution >= 0.6 is 11.8 Å². The summed E-state index contributed by atoms with van der Waals surface area (Å²) in [7, 11) is 0. The number of halogens is 2. The van der Waals surface area contributed by atoms with E-state index >= 15 is 0 Å². The number of hydrogen-bond donors (Lipinski definition) is 1. The predicted molar refractivity (Wildman–Crippen MR) is 189 cm³/mol. The highest BCUT2D eigenvalue weighted by molar-refractivity contribution is 8.01. The average Bonchev–Trinajstić information content (AvgIpc) is 3.73. The highest BCUT2D eigenvalue weighted by atomic mass is 32.2. The average molecular weight is 660 g/mol. The topological polar surface area (TPSA) is 80.1 Å². The highest BCUT2D eigenvalue weighted by Gasteiger charge is 2.47. The van der Waals surface area contributed by atoms with Crippen LogP contribution < -0.4 is 10.2 Å². The number of aromatic nitrogens is 3. The van der Waals surface area contributed by atoms with E-state index in [1.807, 2.05) is 75.0 Å². The number of para-hydroxylation sites is 1. The first-order valence-electron chi connectivity index (χ1n) is 16.1. The molecular formula is C37H43F2N5O2S. The molecule has 2 aromatic carbocycles. The zero-order valence-electron chi connectivity index (χ0n) is 27.3. The van der Waals surface area contributed by atoms with Gasteiger partial charge >= 0.3 is 0 Å². The summed E-state index contributed by atoms with van der Waals surface area (Å²) in [5.74, 6) is -4.90. The molecule has 10 heteroatoms. The molecule has 0 spiro atoms. The van der Waals surface area contributed by atoms with Gasteiger partial charge in [-0.1, -0.05) is 44.7 Å². The van der Waals surface area contributed by atoms with Gasteiger partial charge in [0.2, 0.25) is 11.8 Å². The van der Waals surface area contributed by atoms with Crippen LogP contribution in [0, 0.1) is 12.8 Å². The summed E-state index contributed by atoms with van der Waals surface area (Å²) in [6.45, 7) is 10.5. The minimum absolute atomic E-state index is 0. The fourth-order valence-corrected chi connectivity index (χ4v) is 6.64. The van der Waals surface area contributed by atoms with Gasteiger partial charge in [-0.15, -0.1) is 11.8 Å². The SMILES string of the molecule is C=C(C/C=C\SC)c1nc2ccccc2c2c1CCN2C(=O)[C@H]1CC(F)(F)CC[C@H]1NC(=O)c1ccc(-n2ccc(C)n2)cc1.CC.[HH]. The Morgan fingerprint density at radius 1 is 1.15 bits per heavy atom. The summed E-state index contributed by atoms with van der Waals surface area (Å²) >= 11 is 1.60. The molecule has 1 N–H and O–H groups in total. The number of pyridine rings is 1. The van der Waals surface area contributed by atoms with Crippen molar-refractivity contribution in [1.29, 1.82) is 0 Å². The second-order valence-corrected chi connectivity index (χ2v) is 12.4. The van der Waals surface area contributed by atoms with Gasteiger partial charge < -0.3 is 10.2 Å². The van der Waals surface area contributed by atoms with E-state index in [2.05, 4.69) is 17.0 Å². The molecule has 6 rings (SSSR count). The zero-order valence-corrected chi connectivity index (χ0v) is 28.1. The maximum absolute atomic E-state index is 14.9. The van der Waals surface area contributed by atoms with Crippen molar-refractivity contribution in [3.05, 3.63) is 101 Å². The number of amides is 2. The first-order valence-corrected chi connectivity index (χ1v) is 17.3. The van der Waals surface area contributed by atoms with Crippen LogP contribution in [0.25, 0.3) is 22.2 Å². The van der Waals surface area contributed by atoms with Gasteiger partial charge in [0.25, 0.3) is 5.91 Å². The molecule has 0 saturated heterocycles. The lowest BCUT2D eigenvalue weighted by atomic mass is 9.81. The number of nitrogens with zero attached hydrogens (tertiary/aromatic N) is 4. The van der Waals surface area contributed by atoms with Crippen molar-refractivity contribution >= 4 is 45.7 Å². The van der Waals surface area contributed by atoms with Crippen LogP contribution in [-0.4, -0.2) is 51.3 Å². The third kappa shape index (κ3) is 7.32. The number of aryl methyl sites for hydroxylation is 1. The molecule has 7 nitrogen and oxygen atoms in total. The van der Waals surface area contributed by atoms with Gasteiger partial charge in [-0.3, -0.25) is 9.59 Å². The fourth-order valence-electron chi connectivity index (χ4n) is 6.35. The molecule has 2 aromatic heterocycles. The minimum Gasteiger partial charge on any atom is -0.348 e. The van der Waals surface area contributed by atoms with Crippen molar-refractivity contribution in [3.63, 3.8) is 0 Å². The molecule has 4 aromatic rings. The first-order chi connectivity index (χ1) is 22.6. The van der Waals surface area contributed by atoms with E-state index < -0.39 is 42.5 Å². The standard InChI is InChI=1S/C35H35F2N5O2S.C2H6.H2/c1-22(7-6-20-45-3)31-27-16-18-41(32(27)26-8-4-5-9-29(26)38-31)34(44)28-21-35(36,37)17-14-30(28)39-33(43)24-10-12-25(13-11-24)42-19-15-23(2)40-42;1-2;/h4-6,8-13,15,19-20,28,30H,1,7,14,16-18,21H2,2-3H3,(H,39,43);1-2H3;1H/b20-6-;;/t28-,30+;;/m0../s1. The van der Waals surface area contributed by atoms with Gasteiger partial charge in [0.15, 0.2) is 0 Å². The summed E-state index contributed by atoms with van der Waals surface area (Å²) in [4.78, 5) is 34.2. The molecular weight excluding hydrogens is 617 g/mol. The third-order valence-corrected chi connectivity index (χ3v) is 9.06. The van der Waals surface area contributed by atoms with Crippen molar-refractivity contribution in [2.24, 2.45) is 5.92 Å². The second kappa shape index (κ2) is 14.6. The number of rotatable bonds is 8. The summed E-state index contributed by atoms with van der Waals surface area (Å²) in [6, 6.07) is 15.6. The monoisotopic (exact) mass is 659 g/mol. The molecule has 1 fully saturated rings. The normalized spacial score (nSPS) is 18.5. The van der Waals surface area contributed by atoms with E-state index in [9.17, 15) is 18.4 Å². The fraction of sp³-hybridized carbons (Fsp3) is 0.351. The number of anilines is 1. The minimum atomic E-state index is -3.00. The Kier molecular flexibility index (Phi) is 10.6. The molecule has 2 atom stereocenters. The number of nitrogens with one attached hydrogen (secondary N) is 1. The van der Waals surface area contributed by atoms with E-state index in [0.717, 1.165) is 33.6 Å². The summed E-state index contributed by atoms with van der Waals surface area (Å²) < 4.78 is 31.5. The number of carbonyl (C=O) groups is 2. The van der Waals surface area contributed by atoms with Crippen molar-refractivity contribution in [1.82, 2.24) is 20.1 Å². The number of benzene rings is 2. The van der Waals surface area contributed by atoms with Gasteiger partial charge in [-0.25, -0.2) is 18.4 Å². The summed E-state index contributed by atoms with van der Waals surface area (Å²) in [6.07, 6.45) is 5.98.